The van der Waals surface area contributed by atoms with E-state index in [1.54, 1.807) is 45.2 Å². The first kappa shape index (κ1) is 13.7. The highest BCUT2D eigenvalue weighted by Crippen LogP contribution is 2.11. The van der Waals surface area contributed by atoms with Crippen molar-refractivity contribution in [1.82, 2.24) is 19.8 Å². The molecule has 0 aliphatic carbocycles. The Labute approximate surface area is 126 Å². The molecule has 1 aliphatic heterocycles. The van der Waals surface area contributed by atoms with Gasteiger partial charge >= 0.3 is 0 Å². The van der Waals surface area contributed by atoms with Crippen molar-refractivity contribution in [2.24, 2.45) is 0 Å². The van der Waals surface area contributed by atoms with Crippen molar-refractivity contribution in [2.45, 2.75) is 0 Å². The van der Waals surface area contributed by atoms with Gasteiger partial charge in [0.15, 0.2) is 0 Å². The van der Waals surface area contributed by atoms with Gasteiger partial charge in [-0.15, -0.1) is 11.3 Å². The lowest BCUT2D eigenvalue weighted by Gasteiger charge is -2.34. The maximum atomic E-state index is 12.3. The molecule has 7 heteroatoms. The quantitative estimate of drug-likeness (QED) is 0.834. The summed E-state index contributed by atoms with van der Waals surface area (Å²) >= 11 is 1.40. The number of carbonyl (C=O) groups is 2. The van der Waals surface area contributed by atoms with Gasteiger partial charge in [-0.1, -0.05) is 0 Å². The predicted octanol–water partition coefficient (Wildman–Crippen LogP) is 1.14. The monoisotopic (exact) mass is 302 g/mol. The molecule has 1 aliphatic rings. The van der Waals surface area contributed by atoms with E-state index in [1.807, 2.05) is 0 Å². The third-order valence-corrected chi connectivity index (χ3v) is 4.00. The van der Waals surface area contributed by atoms with Crippen molar-refractivity contribution >= 4 is 23.2 Å². The molecule has 0 bridgehead atoms. The zero-order valence-electron chi connectivity index (χ0n) is 11.3. The second-order valence-electron chi connectivity index (χ2n) is 4.70. The average molecular weight is 302 g/mol. The molecule has 108 valence electrons. The van der Waals surface area contributed by atoms with Crippen LogP contribution in [-0.4, -0.2) is 57.8 Å². The molecular formula is C14H14N4O2S. The normalized spacial score (nSPS) is 15.0. The van der Waals surface area contributed by atoms with Gasteiger partial charge in [0.2, 0.25) is 0 Å². The molecule has 21 heavy (non-hydrogen) atoms. The Hall–Kier alpha value is -2.28. The molecule has 0 atom stereocenters. The summed E-state index contributed by atoms with van der Waals surface area (Å²) in [6, 6.07) is 3.50. The summed E-state index contributed by atoms with van der Waals surface area (Å²) < 4.78 is 0. The smallest absolute Gasteiger partial charge is 0.273 e. The lowest BCUT2D eigenvalue weighted by molar-refractivity contribution is 0.0532. The molecule has 0 saturated carbocycles. The van der Waals surface area contributed by atoms with E-state index < -0.39 is 0 Å². The Morgan fingerprint density at radius 2 is 1.81 bits per heavy atom. The summed E-state index contributed by atoms with van der Waals surface area (Å²) in [6.07, 6.45) is 3.20. The minimum absolute atomic E-state index is 0.0381. The number of amides is 2. The van der Waals surface area contributed by atoms with Crippen LogP contribution >= 0.6 is 11.3 Å². The summed E-state index contributed by atoms with van der Waals surface area (Å²) in [6.45, 7) is 2.12. The van der Waals surface area contributed by atoms with Gasteiger partial charge < -0.3 is 9.80 Å². The molecule has 2 aromatic heterocycles. The van der Waals surface area contributed by atoms with Crippen LogP contribution in [0, 0.1) is 0 Å². The highest BCUT2D eigenvalue weighted by Gasteiger charge is 2.26. The fourth-order valence-corrected chi connectivity index (χ4v) is 2.79. The number of aromatic nitrogens is 2. The molecule has 3 heterocycles. The van der Waals surface area contributed by atoms with Crippen LogP contribution in [0.25, 0.3) is 0 Å². The number of pyridine rings is 1. The van der Waals surface area contributed by atoms with Gasteiger partial charge in [0.1, 0.15) is 5.69 Å². The van der Waals surface area contributed by atoms with E-state index >= 15 is 0 Å². The van der Waals surface area contributed by atoms with Crippen molar-refractivity contribution in [3.8, 4) is 0 Å². The molecule has 1 fully saturated rings. The van der Waals surface area contributed by atoms with E-state index in [4.69, 9.17) is 0 Å². The van der Waals surface area contributed by atoms with Crippen LogP contribution in [0.4, 0.5) is 0 Å². The first-order valence-electron chi connectivity index (χ1n) is 6.62. The highest BCUT2D eigenvalue weighted by atomic mass is 32.1. The number of rotatable bonds is 2. The van der Waals surface area contributed by atoms with Crippen molar-refractivity contribution < 1.29 is 9.59 Å². The molecule has 0 N–H and O–H groups in total. The third-order valence-electron chi connectivity index (χ3n) is 3.41. The lowest BCUT2D eigenvalue weighted by atomic mass is 10.2. The van der Waals surface area contributed by atoms with Crippen LogP contribution in [0.1, 0.15) is 20.8 Å². The van der Waals surface area contributed by atoms with E-state index in [0.717, 1.165) is 0 Å². The first-order valence-corrected chi connectivity index (χ1v) is 7.57. The summed E-state index contributed by atoms with van der Waals surface area (Å²) in [5, 5.41) is 1.75. The Balaban J connectivity index is 1.60. The minimum Gasteiger partial charge on any atom is -0.335 e. The van der Waals surface area contributed by atoms with Crippen LogP contribution in [-0.2, 0) is 0 Å². The van der Waals surface area contributed by atoms with Crippen molar-refractivity contribution in [3.63, 3.8) is 0 Å². The van der Waals surface area contributed by atoms with Crippen molar-refractivity contribution in [2.75, 3.05) is 26.2 Å². The molecule has 0 radical (unpaired) electrons. The highest BCUT2D eigenvalue weighted by molar-refractivity contribution is 7.07. The van der Waals surface area contributed by atoms with Crippen molar-refractivity contribution in [1.29, 1.82) is 0 Å². The number of piperazine rings is 1. The maximum absolute atomic E-state index is 12.3. The number of hydrogen-bond acceptors (Lipinski definition) is 5. The Kier molecular flexibility index (Phi) is 3.92. The average Bonchev–Trinajstić information content (AvgIpc) is 3.09. The minimum atomic E-state index is -0.0651. The number of carbonyl (C=O) groups excluding carboxylic acids is 2. The van der Waals surface area contributed by atoms with E-state index in [0.29, 0.717) is 37.4 Å². The molecule has 3 rings (SSSR count). The summed E-state index contributed by atoms with van der Waals surface area (Å²) in [5.41, 5.74) is 2.71. The fraction of sp³-hybridized carbons (Fsp3) is 0.286. The molecule has 2 amide bonds. The first-order chi connectivity index (χ1) is 10.3. The molecule has 0 aromatic carbocycles. The Morgan fingerprint density at radius 3 is 2.38 bits per heavy atom. The van der Waals surface area contributed by atoms with Gasteiger partial charge in [-0.2, -0.15) is 0 Å². The van der Waals surface area contributed by atoms with E-state index in [-0.39, 0.29) is 11.8 Å². The second kappa shape index (κ2) is 6.01. The molecular weight excluding hydrogens is 288 g/mol. The van der Waals surface area contributed by atoms with Gasteiger partial charge in [-0.3, -0.25) is 14.6 Å². The van der Waals surface area contributed by atoms with E-state index in [9.17, 15) is 9.59 Å². The topological polar surface area (TPSA) is 66.4 Å². The Morgan fingerprint density at radius 1 is 1.10 bits per heavy atom. The molecule has 6 nitrogen and oxygen atoms in total. The van der Waals surface area contributed by atoms with Crippen LogP contribution in [0.15, 0.2) is 35.4 Å². The van der Waals surface area contributed by atoms with Crippen LogP contribution in [0.5, 0.6) is 0 Å². The SMILES string of the molecule is O=C(c1cccnc1)N1CCN(C(=O)c2cscn2)CC1. The number of nitrogens with zero attached hydrogens (tertiary/aromatic N) is 4. The van der Waals surface area contributed by atoms with Crippen LogP contribution in [0.3, 0.4) is 0 Å². The number of thiazole rings is 1. The Bertz CT molecular complexity index is 622. The van der Waals surface area contributed by atoms with E-state index in [1.165, 1.54) is 11.3 Å². The summed E-state index contributed by atoms with van der Waals surface area (Å²) in [5.74, 6) is -0.103. The van der Waals surface area contributed by atoms with Crippen molar-refractivity contribution in [3.05, 3.63) is 46.7 Å². The standard InChI is InChI=1S/C14H14N4O2S/c19-13(11-2-1-3-15-8-11)17-4-6-18(7-5-17)14(20)12-9-21-10-16-12/h1-3,8-10H,4-7H2. The number of hydrogen-bond donors (Lipinski definition) is 0. The maximum Gasteiger partial charge on any atom is 0.273 e. The molecule has 2 aromatic rings. The fourth-order valence-electron chi connectivity index (χ4n) is 2.26. The van der Waals surface area contributed by atoms with E-state index in [2.05, 4.69) is 9.97 Å². The van der Waals surface area contributed by atoms with Gasteiger partial charge in [-0.05, 0) is 12.1 Å². The van der Waals surface area contributed by atoms with Crippen LogP contribution in [0.2, 0.25) is 0 Å². The van der Waals surface area contributed by atoms with Gasteiger partial charge in [0.05, 0.1) is 11.1 Å². The largest absolute Gasteiger partial charge is 0.335 e. The zero-order chi connectivity index (χ0) is 14.7. The second-order valence-corrected chi connectivity index (χ2v) is 5.42. The van der Waals surface area contributed by atoms with Gasteiger partial charge in [-0.25, -0.2) is 4.98 Å². The predicted molar refractivity (Wildman–Crippen MR) is 78.2 cm³/mol. The van der Waals surface area contributed by atoms with Gasteiger partial charge in [0, 0.05) is 44.0 Å². The summed E-state index contributed by atoms with van der Waals surface area (Å²) in [7, 11) is 0. The molecule has 0 unspecified atom stereocenters. The lowest BCUT2D eigenvalue weighted by Crippen LogP contribution is -2.50. The molecule has 1 saturated heterocycles. The molecule has 0 spiro atoms. The zero-order valence-corrected chi connectivity index (χ0v) is 12.1. The van der Waals surface area contributed by atoms with Crippen LogP contribution < -0.4 is 0 Å². The summed E-state index contributed by atoms with van der Waals surface area (Å²) in [4.78, 5) is 35.9. The third kappa shape index (κ3) is 2.92. The van der Waals surface area contributed by atoms with Gasteiger partial charge in [0.25, 0.3) is 11.8 Å².